The third-order valence-electron chi connectivity index (χ3n) is 6.83. The molecule has 0 N–H and O–H groups in total. The van der Waals surface area contributed by atoms with Gasteiger partial charge in [0.2, 0.25) is 0 Å². The van der Waals surface area contributed by atoms with Gasteiger partial charge < -0.3 is 9.80 Å². The maximum Gasteiger partial charge on any atom is 0.0267 e. The Bertz CT molecular complexity index is 1420. The molecule has 1 saturated heterocycles. The van der Waals surface area contributed by atoms with Crippen molar-refractivity contribution in [2.24, 2.45) is 0 Å². The van der Waals surface area contributed by atoms with E-state index in [1.165, 1.54) is 44.8 Å². The minimum Gasteiger partial charge on any atom is -0.265 e. The van der Waals surface area contributed by atoms with Gasteiger partial charge in [-0.1, -0.05) is 47.5 Å². The number of anilines is 2. The van der Waals surface area contributed by atoms with E-state index in [4.69, 9.17) is 19.4 Å². The summed E-state index contributed by atoms with van der Waals surface area (Å²) in [5, 5.41) is 0. The van der Waals surface area contributed by atoms with Crippen molar-refractivity contribution in [3.8, 4) is 0 Å². The summed E-state index contributed by atoms with van der Waals surface area (Å²) in [6.07, 6.45) is 7.00. The van der Waals surface area contributed by atoms with Crippen LogP contribution in [-0.4, -0.2) is 27.7 Å². The second kappa shape index (κ2) is 19.2. The second-order valence-corrected chi connectivity index (χ2v) is 16.5. The quantitative estimate of drug-likeness (QED) is 0.137. The van der Waals surface area contributed by atoms with E-state index in [-0.39, 0.29) is 0 Å². The first-order chi connectivity index (χ1) is 21.7. The molecule has 0 saturated carbocycles. The van der Waals surface area contributed by atoms with Crippen LogP contribution in [0.4, 0.5) is 11.4 Å². The maximum absolute atomic E-state index is 5.67. The van der Waals surface area contributed by atoms with Crippen molar-refractivity contribution in [1.29, 1.82) is 0 Å². The van der Waals surface area contributed by atoms with Gasteiger partial charge in [0.1, 0.15) is 0 Å². The van der Waals surface area contributed by atoms with Crippen LogP contribution < -0.4 is 9.80 Å². The summed E-state index contributed by atoms with van der Waals surface area (Å²) in [4.78, 5) is 12.4. The average molecular weight is 728 g/mol. The van der Waals surface area contributed by atoms with Gasteiger partial charge in [-0.15, -0.1) is 0 Å². The predicted molar refractivity (Wildman–Crippen MR) is 192 cm³/mol. The molecule has 5 aromatic rings. The van der Waals surface area contributed by atoms with E-state index < -0.39 is 13.5 Å². The third-order valence-corrected chi connectivity index (χ3v) is 8.70. The molecule has 3 heterocycles. The van der Waals surface area contributed by atoms with Crippen LogP contribution in [0.2, 0.25) is 0 Å². The predicted octanol–water partition coefficient (Wildman–Crippen LogP) is 9.91. The fourth-order valence-corrected chi connectivity index (χ4v) is 7.15. The van der Waals surface area contributed by atoms with E-state index in [9.17, 15) is 0 Å². The van der Waals surface area contributed by atoms with Crippen molar-refractivity contribution in [1.82, 2.24) is 9.97 Å². The molecule has 0 amide bonds. The van der Waals surface area contributed by atoms with Crippen molar-refractivity contribution in [2.75, 3.05) is 22.9 Å². The number of aromatic nitrogens is 2. The topological polar surface area (TPSA) is 32.3 Å². The molecule has 0 atom stereocenters. The van der Waals surface area contributed by atoms with E-state index in [2.05, 4.69) is 92.2 Å². The summed E-state index contributed by atoms with van der Waals surface area (Å²) in [7, 11) is 11.3. The summed E-state index contributed by atoms with van der Waals surface area (Å²) in [6, 6.07) is 30.4. The minimum absolute atomic E-state index is 1.04. The van der Waals surface area contributed by atoms with Crippen LogP contribution in [0.1, 0.15) is 38.9 Å². The molecule has 3 aromatic carbocycles. The zero-order valence-corrected chi connectivity index (χ0v) is 30.2. The van der Waals surface area contributed by atoms with Crippen molar-refractivity contribution in [2.45, 2.75) is 41.5 Å². The third kappa shape index (κ3) is 12.5. The number of aryl methyl sites for hydroxylation is 6. The first-order valence-electron chi connectivity index (χ1n) is 14.8. The fourth-order valence-electron chi connectivity index (χ4n) is 5.32. The molecule has 238 valence electrons. The normalized spacial score (nSPS) is 12.0. The Kier molecular flexibility index (Phi) is 15.4. The fraction of sp³-hybridized carbons (Fsp3) is 0.211. The SMILES string of the molecule is Cc1cc(C)c(N2[CH-]N(c3c(C)cc(C)cc3C)CC2)c(C)c1.[Cl][Ru]([Cl])=[CH]c1ccccc1.c1ccncc1.c1ccncc1. The first kappa shape index (κ1) is 36.1. The summed E-state index contributed by atoms with van der Waals surface area (Å²) < 4.78 is 1.92. The Balaban J connectivity index is 0.000000203. The van der Waals surface area contributed by atoms with Crippen molar-refractivity contribution < 1.29 is 13.5 Å². The van der Waals surface area contributed by atoms with Crippen LogP contribution >= 0.6 is 19.4 Å². The molecule has 45 heavy (non-hydrogen) atoms. The largest absolute Gasteiger partial charge is 0.265 e. The average Bonchev–Trinajstić information content (AvgIpc) is 3.48. The molecule has 0 unspecified atom stereocenters. The first-order valence-corrected chi connectivity index (χ1v) is 20.3. The zero-order valence-electron chi connectivity index (χ0n) is 26.9. The Hall–Kier alpha value is -3.37. The second-order valence-electron chi connectivity index (χ2n) is 10.8. The van der Waals surface area contributed by atoms with Gasteiger partial charge in [0.25, 0.3) is 0 Å². The number of halogens is 2. The van der Waals surface area contributed by atoms with E-state index >= 15 is 0 Å². The van der Waals surface area contributed by atoms with Gasteiger partial charge in [-0.25, -0.2) is 0 Å². The molecule has 0 aliphatic carbocycles. The van der Waals surface area contributed by atoms with Gasteiger partial charge in [-0.2, -0.15) is 6.67 Å². The smallest absolute Gasteiger partial charge is 0.0267 e. The van der Waals surface area contributed by atoms with Crippen LogP contribution in [0.25, 0.3) is 0 Å². The van der Waals surface area contributed by atoms with Gasteiger partial charge in [-0.3, -0.25) is 9.97 Å². The van der Waals surface area contributed by atoms with Gasteiger partial charge in [-0.05, 0) is 88.1 Å². The number of hydrogen-bond acceptors (Lipinski definition) is 4. The molecule has 2 aromatic heterocycles. The van der Waals surface area contributed by atoms with Crippen LogP contribution in [0.5, 0.6) is 0 Å². The summed E-state index contributed by atoms with van der Waals surface area (Å²) >= 11 is -1.61. The standard InChI is InChI=1S/C21H27N2.C7H6.2C5H5N.2ClH.Ru/c1-14-9-16(3)20(17(4)10-14)22-7-8-23(13-22)21-18(5)11-15(2)12-19(21)6;1-7-5-3-2-4-6-7;2*1-2-4-6-5-3-1;;;/h9-13H,7-8H2,1-6H3;1-6H;2*1-5H;2*1H;/q-1;;;;;;+2/p-2. The molecule has 1 aliphatic heterocycles. The summed E-state index contributed by atoms with van der Waals surface area (Å²) in [5.74, 6) is 0. The van der Waals surface area contributed by atoms with Crippen molar-refractivity contribution >= 4 is 35.4 Å². The van der Waals surface area contributed by atoms with Crippen LogP contribution in [-0.2, 0) is 13.5 Å². The number of pyridine rings is 2. The van der Waals surface area contributed by atoms with Gasteiger partial charge in [0.15, 0.2) is 0 Å². The molecule has 0 spiro atoms. The Morgan fingerprint density at radius 2 is 0.933 bits per heavy atom. The number of hydrogen-bond donors (Lipinski definition) is 0. The molecule has 0 radical (unpaired) electrons. The van der Waals surface area contributed by atoms with Gasteiger partial charge in [0.05, 0.1) is 0 Å². The van der Waals surface area contributed by atoms with E-state index in [1.54, 1.807) is 24.8 Å². The molecule has 7 heteroatoms. The Morgan fingerprint density at radius 3 is 1.22 bits per heavy atom. The van der Waals surface area contributed by atoms with Crippen LogP contribution in [0, 0.1) is 48.2 Å². The molecule has 1 fully saturated rings. The van der Waals surface area contributed by atoms with E-state index in [1.807, 2.05) is 71.3 Å². The monoisotopic (exact) mass is 727 g/mol. The summed E-state index contributed by atoms with van der Waals surface area (Å²) in [5.41, 5.74) is 12.0. The molecule has 6 rings (SSSR count). The summed E-state index contributed by atoms with van der Waals surface area (Å²) in [6.45, 7) is 17.6. The van der Waals surface area contributed by atoms with Gasteiger partial charge in [0, 0.05) is 49.3 Å². The number of benzene rings is 3. The minimum atomic E-state index is -1.61. The van der Waals surface area contributed by atoms with Crippen molar-refractivity contribution in [3.05, 3.63) is 161 Å². The van der Waals surface area contributed by atoms with E-state index in [0.29, 0.717) is 0 Å². The Morgan fingerprint density at radius 1 is 0.578 bits per heavy atom. The zero-order chi connectivity index (χ0) is 32.6. The number of nitrogens with zero attached hydrogens (tertiary/aromatic N) is 4. The van der Waals surface area contributed by atoms with Crippen LogP contribution in [0.3, 0.4) is 0 Å². The molecular weight excluding hydrogens is 684 g/mol. The maximum atomic E-state index is 5.67. The van der Waals surface area contributed by atoms with E-state index in [0.717, 1.165) is 18.7 Å². The molecule has 0 bridgehead atoms. The number of rotatable bonds is 3. The van der Waals surface area contributed by atoms with Gasteiger partial charge >= 0.3 is 73.4 Å². The molecule has 1 aliphatic rings. The van der Waals surface area contributed by atoms with Crippen LogP contribution in [0.15, 0.2) is 116 Å². The van der Waals surface area contributed by atoms with Crippen molar-refractivity contribution in [3.63, 3.8) is 0 Å². The Labute approximate surface area is 283 Å². The molecule has 4 nitrogen and oxygen atoms in total. The molecular formula is C38H43Cl2N4Ru-.